The Balaban J connectivity index is 1.45. The van der Waals surface area contributed by atoms with Crippen molar-refractivity contribution >= 4 is 17.9 Å². The van der Waals surface area contributed by atoms with Gasteiger partial charge in [0.05, 0.1) is 26.1 Å². The highest BCUT2D eigenvalue weighted by Crippen LogP contribution is 2.31. The molecular formula is C15H18O10. The number of rotatable bonds is 7. The summed E-state index contributed by atoms with van der Waals surface area (Å²) in [6.45, 7) is 0.181. The summed E-state index contributed by atoms with van der Waals surface area (Å²) < 4.78 is 26.1. The van der Waals surface area contributed by atoms with E-state index in [4.69, 9.17) is 33.9 Å². The zero-order valence-electron chi connectivity index (χ0n) is 13.1. The van der Waals surface area contributed by atoms with Gasteiger partial charge in [-0.15, -0.1) is 0 Å². The molecule has 25 heavy (non-hydrogen) atoms. The molecular weight excluding hydrogens is 340 g/mol. The Bertz CT molecular complexity index is 573. The van der Waals surface area contributed by atoms with Crippen LogP contribution in [0.15, 0.2) is 12.2 Å². The number of aliphatic hydroxyl groups is 1. The molecule has 0 aromatic rings. The van der Waals surface area contributed by atoms with E-state index < -0.39 is 54.7 Å². The molecule has 3 fully saturated rings. The molecule has 3 saturated heterocycles. The monoisotopic (exact) mass is 358 g/mol. The van der Waals surface area contributed by atoms with Crippen LogP contribution < -0.4 is 0 Å². The molecule has 0 spiro atoms. The van der Waals surface area contributed by atoms with Gasteiger partial charge in [0.25, 0.3) is 0 Å². The summed E-state index contributed by atoms with van der Waals surface area (Å²) in [7, 11) is 0. The second-order valence-electron chi connectivity index (χ2n) is 5.84. The van der Waals surface area contributed by atoms with Gasteiger partial charge in [0.1, 0.15) is 18.3 Å². The minimum atomic E-state index is -1.08. The molecule has 0 saturated carbocycles. The summed E-state index contributed by atoms with van der Waals surface area (Å²) in [5, 5.41) is 17.5. The number of ether oxygens (including phenoxy) is 5. The molecule has 10 nitrogen and oxygen atoms in total. The van der Waals surface area contributed by atoms with Gasteiger partial charge in [0, 0.05) is 6.08 Å². The first-order valence-corrected chi connectivity index (χ1v) is 7.81. The van der Waals surface area contributed by atoms with Gasteiger partial charge in [-0.25, -0.2) is 4.79 Å². The first-order chi connectivity index (χ1) is 11.9. The molecule has 0 aromatic heterocycles. The fourth-order valence-corrected chi connectivity index (χ4v) is 2.69. The van der Waals surface area contributed by atoms with Crippen molar-refractivity contribution in [1.82, 2.24) is 0 Å². The Labute approximate surface area is 142 Å². The average molecular weight is 358 g/mol. The van der Waals surface area contributed by atoms with Crippen LogP contribution in [-0.4, -0.2) is 78.1 Å². The van der Waals surface area contributed by atoms with Crippen LogP contribution in [-0.2, 0) is 38.1 Å². The first-order valence-electron chi connectivity index (χ1n) is 7.81. The van der Waals surface area contributed by atoms with E-state index in [9.17, 15) is 14.4 Å². The molecule has 0 bridgehead atoms. The van der Waals surface area contributed by atoms with Gasteiger partial charge in [-0.05, 0) is 6.08 Å². The summed E-state index contributed by atoms with van der Waals surface area (Å²) in [5.74, 6) is -2.35. The van der Waals surface area contributed by atoms with Gasteiger partial charge < -0.3 is 33.9 Å². The van der Waals surface area contributed by atoms with Gasteiger partial charge in [0.2, 0.25) is 0 Å². The molecule has 6 atom stereocenters. The van der Waals surface area contributed by atoms with E-state index in [1.54, 1.807) is 0 Å². The summed E-state index contributed by atoms with van der Waals surface area (Å²) in [4.78, 5) is 33.8. The van der Waals surface area contributed by atoms with E-state index >= 15 is 0 Å². The van der Waals surface area contributed by atoms with Crippen LogP contribution in [0.2, 0.25) is 0 Å². The lowest BCUT2D eigenvalue weighted by molar-refractivity contribution is -0.156. The van der Waals surface area contributed by atoms with Crippen molar-refractivity contribution in [3.05, 3.63) is 12.2 Å². The maximum Gasteiger partial charge on any atom is 0.330 e. The third-order valence-electron chi connectivity index (χ3n) is 3.98. The highest BCUT2D eigenvalue weighted by molar-refractivity contribution is 5.82. The van der Waals surface area contributed by atoms with Crippen LogP contribution in [0.5, 0.6) is 0 Å². The van der Waals surface area contributed by atoms with Crippen molar-refractivity contribution in [3.63, 3.8) is 0 Å². The number of esters is 2. The summed E-state index contributed by atoms with van der Waals surface area (Å²) in [6, 6.07) is 0. The van der Waals surface area contributed by atoms with Gasteiger partial charge in [-0.1, -0.05) is 0 Å². The predicted molar refractivity (Wildman–Crippen MR) is 76.1 cm³/mol. The molecule has 0 radical (unpaired) electrons. The molecule has 3 rings (SSSR count). The summed E-state index contributed by atoms with van der Waals surface area (Å²) in [5.41, 5.74) is 0. The van der Waals surface area contributed by atoms with Gasteiger partial charge in [-0.2, -0.15) is 0 Å². The van der Waals surface area contributed by atoms with Crippen LogP contribution in [0.4, 0.5) is 0 Å². The zero-order chi connectivity index (χ0) is 18.0. The van der Waals surface area contributed by atoms with Gasteiger partial charge in [0.15, 0.2) is 18.5 Å². The Kier molecular flexibility index (Phi) is 5.33. The van der Waals surface area contributed by atoms with E-state index in [-0.39, 0.29) is 26.1 Å². The van der Waals surface area contributed by atoms with E-state index in [1.807, 2.05) is 0 Å². The number of aliphatic carboxylic acids is 1. The molecule has 3 aliphatic heterocycles. The maximum atomic E-state index is 11.7. The second kappa shape index (κ2) is 7.48. The summed E-state index contributed by atoms with van der Waals surface area (Å²) >= 11 is 0. The number of carbonyl (C=O) groups excluding carboxylic acids is 2. The lowest BCUT2D eigenvalue weighted by atomic mass is 10.1. The number of hydrogen-bond donors (Lipinski definition) is 2. The number of epoxide rings is 1. The summed E-state index contributed by atoms with van der Waals surface area (Å²) in [6.07, 6.45) is -1.79. The number of hydrogen-bond acceptors (Lipinski definition) is 9. The lowest BCUT2D eigenvalue weighted by Crippen LogP contribution is -2.35. The van der Waals surface area contributed by atoms with Gasteiger partial charge >= 0.3 is 17.9 Å². The van der Waals surface area contributed by atoms with E-state index in [1.165, 1.54) is 6.08 Å². The zero-order valence-corrected chi connectivity index (χ0v) is 13.1. The first kappa shape index (κ1) is 17.8. The SMILES string of the molecule is O=C(O)CCC(=O)O[C@@H]1CO[C@H]2[C@@H]1OC[C@H]2OC(=O)/C=C/C1OC1O. The third kappa shape index (κ3) is 4.54. The lowest BCUT2D eigenvalue weighted by Gasteiger charge is -2.16. The average Bonchev–Trinajstić information content (AvgIpc) is 2.94. The van der Waals surface area contributed by atoms with Gasteiger partial charge in [-0.3, -0.25) is 9.59 Å². The van der Waals surface area contributed by atoms with Crippen molar-refractivity contribution in [2.45, 2.75) is 49.7 Å². The smallest absolute Gasteiger partial charge is 0.330 e. The van der Waals surface area contributed by atoms with Crippen LogP contribution in [0.3, 0.4) is 0 Å². The quantitative estimate of drug-likeness (QED) is 0.322. The van der Waals surface area contributed by atoms with E-state index in [0.29, 0.717) is 0 Å². The van der Waals surface area contributed by atoms with Crippen molar-refractivity contribution < 1.29 is 48.3 Å². The van der Waals surface area contributed by atoms with Crippen LogP contribution >= 0.6 is 0 Å². The van der Waals surface area contributed by atoms with Crippen molar-refractivity contribution in [2.75, 3.05) is 13.2 Å². The molecule has 3 aliphatic rings. The van der Waals surface area contributed by atoms with Crippen LogP contribution in [0, 0.1) is 0 Å². The molecule has 10 heteroatoms. The Morgan fingerprint density at radius 1 is 1.04 bits per heavy atom. The number of carboxylic acids is 1. The second-order valence-corrected chi connectivity index (χ2v) is 5.84. The largest absolute Gasteiger partial charge is 0.481 e. The predicted octanol–water partition coefficient (Wildman–Crippen LogP) is -1.25. The number of fused-ring (bicyclic) bond motifs is 1. The molecule has 3 heterocycles. The molecule has 0 amide bonds. The van der Waals surface area contributed by atoms with Crippen LogP contribution in [0.1, 0.15) is 12.8 Å². The maximum absolute atomic E-state index is 11.7. The molecule has 2 N–H and O–H groups in total. The Morgan fingerprint density at radius 2 is 1.64 bits per heavy atom. The topological polar surface area (TPSA) is 141 Å². The Hall–Kier alpha value is -2.01. The van der Waals surface area contributed by atoms with E-state index in [0.717, 1.165) is 6.08 Å². The standard InChI is InChI=1S/C15H18O10/c16-10(17)2-4-12(19)24-9-6-22-13-8(5-21-14(9)13)23-11(18)3-1-7-15(20)25-7/h1,3,7-9,13-15,20H,2,4-6H2,(H,16,17)/b3-1+/t7?,8-,9-,13-,14-,15?/m1/s1. The number of carboxylic acid groups (broad SMARTS) is 1. The molecule has 2 unspecified atom stereocenters. The number of aliphatic hydroxyl groups excluding tert-OH is 1. The Morgan fingerprint density at radius 3 is 2.20 bits per heavy atom. The fourth-order valence-electron chi connectivity index (χ4n) is 2.69. The van der Waals surface area contributed by atoms with Crippen molar-refractivity contribution in [2.24, 2.45) is 0 Å². The van der Waals surface area contributed by atoms with E-state index in [2.05, 4.69) is 0 Å². The van der Waals surface area contributed by atoms with Crippen LogP contribution in [0.25, 0.3) is 0 Å². The fraction of sp³-hybridized carbons (Fsp3) is 0.667. The minimum Gasteiger partial charge on any atom is -0.481 e. The normalized spacial score (nSPS) is 36.2. The van der Waals surface area contributed by atoms with Crippen molar-refractivity contribution in [3.8, 4) is 0 Å². The molecule has 0 aromatic carbocycles. The van der Waals surface area contributed by atoms with Crippen molar-refractivity contribution in [1.29, 1.82) is 0 Å². The highest BCUT2D eigenvalue weighted by Gasteiger charge is 2.51. The molecule has 138 valence electrons. The minimum absolute atomic E-state index is 0.0835. The molecule has 0 aliphatic carbocycles. The number of carbonyl (C=O) groups is 3. The highest BCUT2D eigenvalue weighted by atomic mass is 16.7. The third-order valence-corrected chi connectivity index (χ3v) is 3.98.